The molecule has 5 heteroatoms. The second kappa shape index (κ2) is 16.5. The van der Waals surface area contributed by atoms with E-state index in [4.69, 9.17) is 14.4 Å². The summed E-state index contributed by atoms with van der Waals surface area (Å²) in [6, 6.07) is 36.1. The van der Waals surface area contributed by atoms with Crippen LogP contribution in [0.4, 0.5) is 0 Å². The maximum absolute atomic E-state index is 6.36. The molecule has 269 valence electrons. The molecule has 4 nitrogen and oxygen atoms in total. The first-order valence-electron chi connectivity index (χ1n) is 18.1. The molecule has 1 radical (unpaired) electrons. The maximum Gasteiger partial charge on any atom is 0.119 e. The van der Waals surface area contributed by atoms with E-state index in [1.165, 1.54) is 33.4 Å². The third-order valence-electron chi connectivity index (χ3n) is 9.56. The van der Waals surface area contributed by atoms with Gasteiger partial charge in [0.05, 0.1) is 11.1 Å². The molecule has 0 N–H and O–H groups in total. The number of rotatable bonds is 8. The van der Waals surface area contributed by atoms with Crippen LogP contribution in [0.1, 0.15) is 80.5 Å². The summed E-state index contributed by atoms with van der Waals surface area (Å²) in [6.45, 7) is 19.8. The van der Waals surface area contributed by atoms with Crippen molar-refractivity contribution in [3.8, 4) is 22.6 Å². The van der Waals surface area contributed by atoms with Gasteiger partial charge in [-0.05, 0) is 83.8 Å². The molecular weight excluding hydrogens is 815 g/mol. The first-order chi connectivity index (χ1) is 24.4. The van der Waals surface area contributed by atoms with Gasteiger partial charge in [0, 0.05) is 37.9 Å². The van der Waals surface area contributed by atoms with E-state index in [1.54, 1.807) is 0 Å². The van der Waals surface area contributed by atoms with Crippen molar-refractivity contribution < 1.29 is 24.5 Å². The predicted molar refractivity (Wildman–Crippen MR) is 212 cm³/mol. The molecule has 4 aromatic heterocycles. The fraction of sp³-hybridized carbons (Fsp3) is 0.298. The summed E-state index contributed by atoms with van der Waals surface area (Å²) in [5.41, 5.74) is 14.5. The normalized spacial score (nSPS) is 11.5. The molecule has 0 bridgehead atoms. The molecule has 0 aliphatic rings. The standard InChI is InChI=1S/C30H29N2O.C17H20N.Ir/c1-19(2)15-21-16-25(31-18-20(21)3)26-17-24(30(4,5)22-11-7-6-8-12-22)29-28(32-26)23-13-9-10-14-27(23)33-29;1-12(2)9-16-10-17(18-11-14(16)4)15-7-5-13(3)6-8-15;/h6-14,16,18-19H,15H2,1-5H3;5-7,10-12H,9H2,1-4H3;/q2*-1;. The van der Waals surface area contributed by atoms with Crippen molar-refractivity contribution in [3.63, 3.8) is 0 Å². The smallest absolute Gasteiger partial charge is 0.119 e. The number of furan rings is 1. The van der Waals surface area contributed by atoms with E-state index in [9.17, 15) is 0 Å². The minimum absolute atomic E-state index is 0. The van der Waals surface area contributed by atoms with Crippen LogP contribution in [-0.2, 0) is 38.4 Å². The maximum atomic E-state index is 6.36. The van der Waals surface area contributed by atoms with Gasteiger partial charge in [-0.15, -0.1) is 47.0 Å². The molecule has 3 aromatic carbocycles. The van der Waals surface area contributed by atoms with Crippen LogP contribution in [-0.4, -0.2) is 15.0 Å². The van der Waals surface area contributed by atoms with Gasteiger partial charge < -0.3 is 14.4 Å². The molecule has 0 aliphatic carbocycles. The van der Waals surface area contributed by atoms with Crippen molar-refractivity contribution in [2.45, 2.75) is 80.6 Å². The minimum atomic E-state index is -0.323. The van der Waals surface area contributed by atoms with Gasteiger partial charge in [0.15, 0.2) is 0 Å². The van der Waals surface area contributed by atoms with Crippen LogP contribution < -0.4 is 0 Å². The summed E-state index contributed by atoms with van der Waals surface area (Å²) < 4.78 is 6.36. The van der Waals surface area contributed by atoms with E-state index in [0.717, 1.165) is 63.1 Å². The van der Waals surface area contributed by atoms with Crippen LogP contribution in [0.2, 0.25) is 0 Å². The number of hydrogen-bond donors (Lipinski definition) is 0. The fourth-order valence-electron chi connectivity index (χ4n) is 6.58. The topological polar surface area (TPSA) is 51.8 Å². The Kier molecular flexibility index (Phi) is 12.3. The van der Waals surface area contributed by atoms with E-state index < -0.39 is 0 Å². The van der Waals surface area contributed by atoms with Gasteiger partial charge >= 0.3 is 0 Å². The Bertz CT molecular complexity index is 2270. The molecule has 52 heavy (non-hydrogen) atoms. The average molecular weight is 864 g/mol. The quantitative estimate of drug-likeness (QED) is 0.143. The third kappa shape index (κ3) is 8.60. The molecule has 7 rings (SSSR count). The molecule has 0 atom stereocenters. The molecule has 0 fully saturated rings. The van der Waals surface area contributed by atoms with Crippen LogP contribution >= 0.6 is 0 Å². The van der Waals surface area contributed by atoms with E-state index >= 15 is 0 Å². The van der Waals surface area contributed by atoms with Crippen molar-refractivity contribution in [2.75, 3.05) is 0 Å². The Morgan fingerprint density at radius 2 is 1.33 bits per heavy atom. The van der Waals surface area contributed by atoms with E-state index in [1.807, 2.05) is 42.7 Å². The molecule has 7 aromatic rings. The van der Waals surface area contributed by atoms with Crippen LogP contribution in [0, 0.1) is 44.7 Å². The van der Waals surface area contributed by atoms with Gasteiger partial charge in [-0.1, -0.05) is 120 Å². The zero-order chi connectivity index (χ0) is 36.3. The Morgan fingerprint density at radius 3 is 1.94 bits per heavy atom. The van der Waals surface area contributed by atoms with Crippen LogP contribution in [0.3, 0.4) is 0 Å². The number of benzene rings is 3. The average Bonchev–Trinajstić information content (AvgIpc) is 3.49. The number of pyridine rings is 3. The molecule has 0 amide bonds. The van der Waals surface area contributed by atoms with Crippen molar-refractivity contribution in [1.29, 1.82) is 0 Å². The Balaban J connectivity index is 0.000000234. The number of para-hydroxylation sites is 1. The predicted octanol–water partition coefficient (Wildman–Crippen LogP) is 12.0. The molecular formula is C47H49IrN3O-2. The molecule has 0 saturated carbocycles. The number of hydrogen-bond acceptors (Lipinski definition) is 4. The zero-order valence-corrected chi connectivity index (χ0v) is 34.3. The van der Waals surface area contributed by atoms with Gasteiger partial charge in [0.25, 0.3) is 0 Å². The monoisotopic (exact) mass is 864 g/mol. The second-order valence-corrected chi connectivity index (χ2v) is 15.2. The first kappa shape index (κ1) is 38.8. The van der Waals surface area contributed by atoms with Gasteiger partial charge in [0.1, 0.15) is 5.58 Å². The number of aromatic nitrogens is 3. The first-order valence-corrected chi connectivity index (χ1v) is 18.1. The summed E-state index contributed by atoms with van der Waals surface area (Å²) in [7, 11) is 0. The van der Waals surface area contributed by atoms with E-state index in [-0.39, 0.29) is 25.5 Å². The van der Waals surface area contributed by atoms with Crippen LogP contribution in [0.25, 0.3) is 44.7 Å². The van der Waals surface area contributed by atoms with Gasteiger partial charge in [-0.3, -0.25) is 4.98 Å². The largest absolute Gasteiger partial charge is 0.513 e. The number of aryl methyl sites for hydroxylation is 3. The summed E-state index contributed by atoms with van der Waals surface area (Å²) in [5.74, 6) is 1.24. The molecule has 4 heterocycles. The van der Waals surface area contributed by atoms with E-state index in [2.05, 4.69) is 134 Å². The summed E-state index contributed by atoms with van der Waals surface area (Å²) >= 11 is 0. The van der Waals surface area contributed by atoms with Crippen molar-refractivity contribution in [3.05, 3.63) is 148 Å². The molecule has 0 aliphatic heterocycles. The minimum Gasteiger partial charge on any atom is -0.513 e. The second-order valence-electron chi connectivity index (χ2n) is 15.2. The van der Waals surface area contributed by atoms with Gasteiger partial charge in [-0.25, -0.2) is 0 Å². The molecule has 0 spiro atoms. The van der Waals surface area contributed by atoms with Crippen molar-refractivity contribution in [2.24, 2.45) is 11.8 Å². The molecule has 0 saturated heterocycles. The molecule has 0 unspecified atom stereocenters. The number of fused-ring (bicyclic) bond motifs is 3. The van der Waals surface area contributed by atoms with Gasteiger partial charge in [0.2, 0.25) is 0 Å². The summed E-state index contributed by atoms with van der Waals surface area (Å²) in [6.07, 6.45) is 6.05. The fourth-order valence-corrected chi connectivity index (χ4v) is 6.58. The Morgan fingerprint density at radius 1 is 0.731 bits per heavy atom. The van der Waals surface area contributed by atoms with Crippen molar-refractivity contribution >= 4 is 22.1 Å². The van der Waals surface area contributed by atoms with Gasteiger partial charge in [-0.2, -0.15) is 0 Å². The summed E-state index contributed by atoms with van der Waals surface area (Å²) in [5, 5.41) is 1.02. The van der Waals surface area contributed by atoms with Crippen molar-refractivity contribution in [1.82, 2.24) is 15.0 Å². The van der Waals surface area contributed by atoms with Crippen LogP contribution in [0.5, 0.6) is 0 Å². The van der Waals surface area contributed by atoms with E-state index in [0.29, 0.717) is 11.8 Å². The Hall–Kier alpha value is -4.44. The third-order valence-corrected chi connectivity index (χ3v) is 9.56. The SMILES string of the molecule is Cc1c[c-]c(-c2cc(CC(C)C)c(C)cn2)cc1.Cc1cnc(-c2[c-]c(C(C)(C)c3ccccc3)c3oc4ccccc4c3n2)cc1CC(C)C.[Ir]. The summed E-state index contributed by atoms with van der Waals surface area (Å²) in [4.78, 5) is 14.3. The van der Waals surface area contributed by atoms with Crippen LogP contribution in [0.15, 0.2) is 102 Å². The number of nitrogens with zero attached hydrogens (tertiary/aromatic N) is 3. The zero-order valence-electron chi connectivity index (χ0n) is 31.9. The Labute approximate surface area is 323 Å².